The Balaban J connectivity index is 0.000000184. The van der Waals surface area contributed by atoms with Gasteiger partial charge in [0.2, 0.25) is 0 Å². The maximum atomic E-state index is 5.43. The van der Waals surface area contributed by atoms with Crippen LogP contribution in [0.2, 0.25) is 0 Å². The van der Waals surface area contributed by atoms with E-state index in [1.807, 2.05) is 24.3 Å². The summed E-state index contributed by atoms with van der Waals surface area (Å²) >= 11 is 0. The Bertz CT molecular complexity index is 304. The van der Waals surface area contributed by atoms with Crippen LogP contribution in [0.3, 0.4) is 0 Å². The summed E-state index contributed by atoms with van der Waals surface area (Å²) in [5, 5.41) is 3.25. The maximum absolute atomic E-state index is 5.43. The summed E-state index contributed by atoms with van der Waals surface area (Å²) < 4.78 is 0. The molecule has 5 heteroatoms. The molecule has 0 bridgehead atoms. The minimum Gasteiger partial charge on any atom is -0.326 e. The Morgan fingerprint density at radius 1 is 1.00 bits per heavy atom. The number of rotatable bonds is 3. The van der Waals surface area contributed by atoms with Gasteiger partial charge in [-0.3, -0.25) is 4.90 Å². The molecule has 1 aromatic carbocycles. The number of hydrogen-bond acceptors (Lipinski definition) is 5. The third-order valence-corrected chi connectivity index (χ3v) is 2.93. The zero-order valence-corrected chi connectivity index (χ0v) is 10.9. The molecule has 0 aromatic heterocycles. The van der Waals surface area contributed by atoms with Crippen LogP contribution in [0, 0.1) is 0 Å². The van der Waals surface area contributed by atoms with Crippen molar-refractivity contribution in [3.05, 3.63) is 35.4 Å². The second kappa shape index (κ2) is 9.02. The van der Waals surface area contributed by atoms with Crippen molar-refractivity contribution >= 4 is 0 Å². The molecule has 0 unspecified atom stereocenters. The van der Waals surface area contributed by atoms with Crippen LogP contribution in [0.5, 0.6) is 0 Å². The first-order chi connectivity index (χ1) is 8.80. The van der Waals surface area contributed by atoms with Crippen molar-refractivity contribution in [2.75, 3.05) is 32.8 Å². The standard InChI is InChI=1S/C8H12N2.C5H13N3/c9-5-7-2-1-3-8(4-7)6-10;6-5-8-3-1-7-2-4-8/h1-4H,5-6,9-10H2;7H,1-6H2. The molecule has 1 aliphatic heterocycles. The molecule has 0 aliphatic carbocycles. The predicted molar refractivity (Wildman–Crippen MR) is 75.7 cm³/mol. The molecule has 0 spiro atoms. The van der Waals surface area contributed by atoms with Crippen LogP contribution >= 0.6 is 0 Å². The largest absolute Gasteiger partial charge is 0.326 e. The van der Waals surface area contributed by atoms with E-state index >= 15 is 0 Å². The molecular weight excluding hydrogens is 226 g/mol. The predicted octanol–water partition coefficient (Wildman–Crippen LogP) is -0.588. The van der Waals surface area contributed by atoms with E-state index in [0.717, 1.165) is 37.3 Å². The number of hydrogen-bond donors (Lipinski definition) is 4. The van der Waals surface area contributed by atoms with Crippen LogP contribution in [-0.4, -0.2) is 37.7 Å². The van der Waals surface area contributed by atoms with Crippen LogP contribution in [0.25, 0.3) is 0 Å². The summed E-state index contributed by atoms with van der Waals surface area (Å²) in [5.41, 5.74) is 18.5. The molecule has 1 fully saturated rings. The van der Waals surface area contributed by atoms with E-state index in [2.05, 4.69) is 10.2 Å². The Hall–Kier alpha value is -0.980. The highest BCUT2D eigenvalue weighted by Crippen LogP contribution is 2.02. The average molecular weight is 251 g/mol. The van der Waals surface area contributed by atoms with Gasteiger partial charge in [-0.15, -0.1) is 0 Å². The third-order valence-electron chi connectivity index (χ3n) is 2.93. The van der Waals surface area contributed by atoms with Gasteiger partial charge in [0, 0.05) is 45.9 Å². The molecule has 0 amide bonds. The number of nitrogens with two attached hydrogens (primary N) is 3. The first-order valence-corrected chi connectivity index (χ1v) is 6.41. The fourth-order valence-corrected chi connectivity index (χ4v) is 1.78. The van der Waals surface area contributed by atoms with E-state index in [1.165, 1.54) is 0 Å². The lowest BCUT2D eigenvalue weighted by Crippen LogP contribution is -2.45. The number of nitrogens with zero attached hydrogens (tertiary/aromatic N) is 1. The highest BCUT2D eigenvalue weighted by atomic mass is 15.2. The quantitative estimate of drug-likeness (QED) is 0.576. The lowest BCUT2D eigenvalue weighted by molar-refractivity contribution is 0.247. The minimum absolute atomic E-state index is 0.591. The average Bonchev–Trinajstić information content (AvgIpc) is 2.48. The SMILES string of the molecule is NCN1CCNCC1.NCc1cccc(CN)c1. The number of nitrogens with one attached hydrogen (secondary N) is 1. The van der Waals surface area contributed by atoms with Gasteiger partial charge in [-0.05, 0) is 11.1 Å². The van der Waals surface area contributed by atoms with Gasteiger partial charge >= 0.3 is 0 Å². The molecule has 0 radical (unpaired) electrons. The normalized spacial score (nSPS) is 15.9. The lowest BCUT2D eigenvalue weighted by atomic mass is 10.1. The van der Waals surface area contributed by atoms with Crippen molar-refractivity contribution in [3.63, 3.8) is 0 Å². The topological polar surface area (TPSA) is 93.3 Å². The molecule has 0 atom stereocenters. The summed E-state index contributed by atoms with van der Waals surface area (Å²) in [7, 11) is 0. The van der Waals surface area contributed by atoms with Crippen molar-refractivity contribution < 1.29 is 0 Å². The number of piperazine rings is 1. The molecule has 18 heavy (non-hydrogen) atoms. The summed E-state index contributed by atoms with van der Waals surface area (Å²) in [5.74, 6) is 0. The highest BCUT2D eigenvalue weighted by Gasteiger charge is 2.04. The summed E-state index contributed by atoms with van der Waals surface area (Å²) in [4.78, 5) is 2.23. The zero-order valence-electron chi connectivity index (χ0n) is 10.9. The highest BCUT2D eigenvalue weighted by molar-refractivity contribution is 5.22. The molecule has 102 valence electrons. The molecule has 7 N–H and O–H groups in total. The Kier molecular flexibility index (Phi) is 7.55. The first-order valence-electron chi connectivity index (χ1n) is 6.41. The van der Waals surface area contributed by atoms with E-state index < -0.39 is 0 Å². The molecule has 1 aromatic rings. The van der Waals surface area contributed by atoms with Gasteiger partial charge in [-0.25, -0.2) is 0 Å². The van der Waals surface area contributed by atoms with Gasteiger partial charge < -0.3 is 22.5 Å². The number of benzene rings is 1. The second-order valence-electron chi connectivity index (χ2n) is 4.28. The van der Waals surface area contributed by atoms with Crippen LogP contribution < -0.4 is 22.5 Å². The molecule has 0 saturated carbocycles. The van der Waals surface area contributed by atoms with Crippen LogP contribution in [0.4, 0.5) is 0 Å². The van der Waals surface area contributed by atoms with E-state index in [-0.39, 0.29) is 0 Å². The molecular formula is C13H25N5. The van der Waals surface area contributed by atoms with Crippen LogP contribution in [0.15, 0.2) is 24.3 Å². The Morgan fingerprint density at radius 2 is 1.56 bits per heavy atom. The van der Waals surface area contributed by atoms with Crippen LogP contribution in [0.1, 0.15) is 11.1 Å². The van der Waals surface area contributed by atoms with Crippen LogP contribution in [-0.2, 0) is 13.1 Å². The summed E-state index contributed by atoms with van der Waals surface area (Å²) in [6.07, 6.45) is 0. The van der Waals surface area contributed by atoms with Crippen molar-refractivity contribution in [2.24, 2.45) is 17.2 Å². The fourth-order valence-electron chi connectivity index (χ4n) is 1.78. The fraction of sp³-hybridized carbons (Fsp3) is 0.538. The van der Waals surface area contributed by atoms with Gasteiger partial charge in [0.15, 0.2) is 0 Å². The molecule has 1 saturated heterocycles. The summed E-state index contributed by atoms with van der Waals surface area (Å²) in [6, 6.07) is 8.00. The molecule has 5 nitrogen and oxygen atoms in total. The van der Waals surface area contributed by atoms with Gasteiger partial charge in [-0.1, -0.05) is 24.3 Å². The van der Waals surface area contributed by atoms with E-state index in [4.69, 9.17) is 17.2 Å². The molecule has 2 rings (SSSR count). The van der Waals surface area contributed by atoms with Gasteiger partial charge in [0.25, 0.3) is 0 Å². The van der Waals surface area contributed by atoms with Crippen molar-refractivity contribution in [1.82, 2.24) is 10.2 Å². The maximum Gasteiger partial charge on any atom is 0.0456 e. The van der Waals surface area contributed by atoms with Gasteiger partial charge in [-0.2, -0.15) is 0 Å². The molecule has 1 aliphatic rings. The van der Waals surface area contributed by atoms with Crippen molar-refractivity contribution in [1.29, 1.82) is 0 Å². The van der Waals surface area contributed by atoms with Gasteiger partial charge in [0.05, 0.1) is 0 Å². The van der Waals surface area contributed by atoms with Gasteiger partial charge in [0.1, 0.15) is 0 Å². The van der Waals surface area contributed by atoms with E-state index in [9.17, 15) is 0 Å². The second-order valence-corrected chi connectivity index (χ2v) is 4.28. The Labute approximate surface area is 109 Å². The monoisotopic (exact) mass is 251 g/mol. The van der Waals surface area contributed by atoms with E-state index in [1.54, 1.807) is 0 Å². The lowest BCUT2D eigenvalue weighted by Gasteiger charge is -2.24. The zero-order chi connectivity index (χ0) is 13.2. The summed E-state index contributed by atoms with van der Waals surface area (Å²) in [6.45, 7) is 6.30. The van der Waals surface area contributed by atoms with Crippen molar-refractivity contribution in [2.45, 2.75) is 13.1 Å². The van der Waals surface area contributed by atoms with Crippen molar-refractivity contribution in [3.8, 4) is 0 Å². The smallest absolute Gasteiger partial charge is 0.0456 e. The Morgan fingerprint density at radius 3 is 1.94 bits per heavy atom. The first kappa shape index (κ1) is 15.1. The third kappa shape index (κ3) is 5.57. The van der Waals surface area contributed by atoms with E-state index in [0.29, 0.717) is 19.8 Å². The molecule has 1 heterocycles. The minimum atomic E-state index is 0.591.